The first kappa shape index (κ1) is 21.0. The van der Waals surface area contributed by atoms with Crippen LogP contribution in [0.4, 0.5) is 13.2 Å². The molecule has 136 valence electrons. The van der Waals surface area contributed by atoms with Crippen LogP contribution >= 0.6 is 23.1 Å². The molecule has 2 rings (SSSR count). The molecule has 0 saturated heterocycles. The zero-order valence-electron chi connectivity index (χ0n) is 13.0. The molecular weight excluding hydrogens is 377 g/mol. The van der Waals surface area contributed by atoms with Gasteiger partial charge in [0.25, 0.3) is 0 Å². The van der Waals surface area contributed by atoms with Crippen LogP contribution in [0, 0.1) is 0 Å². The van der Waals surface area contributed by atoms with Gasteiger partial charge in [-0.25, -0.2) is 4.79 Å². The van der Waals surface area contributed by atoms with Gasteiger partial charge in [0.05, 0.1) is 11.8 Å². The maximum atomic E-state index is 11.8. The van der Waals surface area contributed by atoms with Crippen molar-refractivity contribution in [2.45, 2.75) is 24.0 Å². The number of pyridine rings is 1. The van der Waals surface area contributed by atoms with Gasteiger partial charge in [-0.3, -0.25) is 9.78 Å². The predicted octanol–water partition coefficient (Wildman–Crippen LogP) is 3.75. The van der Waals surface area contributed by atoms with E-state index >= 15 is 0 Å². The molecule has 2 heterocycles. The van der Waals surface area contributed by atoms with Gasteiger partial charge < -0.3 is 10.4 Å². The number of thioether (sulfide) groups is 1. The molecule has 1 unspecified atom stereocenters. The summed E-state index contributed by atoms with van der Waals surface area (Å²) in [6.07, 6.45) is -1.62. The van der Waals surface area contributed by atoms with E-state index in [0.717, 1.165) is 4.90 Å². The quantitative estimate of drug-likeness (QED) is 0.758. The van der Waals surface area contributed by atoms with Crippen molar-refractivity contribution in [2.75, 3.05) is 5.75 Å². The Kier molecular flexibility index (Phi) is 8.42. The molecule has 0 aliphatic carbocycles. The molecule has 0 bridgehead atoms. The maximum absolute atomic E-state index is 11.8. The van der Waals surface area contributed by atoms with Gasteiger partial charge in [0.15, 0.2) is 0 Å². The van der Waals surface area contributed by atoms with Gasteiger partial charge in [0.2, 0.25) is 5.91 Å². The third-order valence-corrected chi connectivity index (χ3v) is 4.68. The van der Waals surface area contributed by atoms with Gasteiger partial charge in [-0.2, -0.15) is 13.2 Å². The Hall–Kier alpha value is -2.07. The Morgan fingerprint density at radius 3 is 2.40 bits per heavy atom. The Bertz CT molecular complexity index is 664. The van der Waals surface area contributed by atoms with E-state index in [1.807, 2.05) is 36.6 Å². The fraction of sp³-hybridized carbons (Fsp3) is 0.267. The summed E-state index contributed by atoms with van der Waals surface area (Å²) in [5, 5.41) is 12.1. The lowest BCUT2D eigenvalue weighted by Crippen LogP contribution is -2.27. The number of amides is 1. The monoisotopic (exact) mass is 392 g/mol. The van der Waals surface area contributed by atoms with Crippen LogP contribution in [0.15, 0.2) is 46.9 Å². The first-order valence-electron chi connectivity index (χ1n) is 6.86. The molecule has 25 heavy (non-hydrogen) atoms. The van der Waals surface area contributed by atoms with Crippen molar-refractivity contribution < 1.29 is 27.9 Å². The average Bonchev–Trinajstić information content (AvgIpc) is 3.08. The number of carbonyl (C=O) groups excluding carboxylic acids is 1. The van der Waals surface area contributed by atoms with E-state index in [-0.39, 0.29) is 11.9 Å². The van der Waals surface area contributed by atoms with Crippen molar-refractivity contribution in [2.24, 2.45) is 0 Å². The van der Waals surface area contributed by atoms with Crippen molar-refractivity contribution >= 4 is 35.0 Å². The maximum Gasteiger partial charge on any atom is 0.490 e. The Morgan fingerprint density at radius 2 is 1.92 bits per heavy atom. The Morgan fingerprint density at radius 1 is 1.32 bits per heavy atom. The number of nitrogens with zero attached hydrogens (tertiary/aromatic N) is 1. The highest BCUT2D eigenvalue weighted by Crippen LogP contribution is 2.19. The number of alkyl halides is 3. The third kappa shape index (κ3) is 8.54. The van der Waals surface area contributed by atoms with Crippen LogP contribution in [-0.2, 0) is 9.59 Å². The van der Waals surface area contributed by atoms with Gasteiger partial charge >= 0.3 is 12.1 Å². The van der Waals surface area contributed by atoms with Gasteiger partial charge in [0, 0.05) is 22.2 Å². The minimum Gasteiger partial charge on any atom is -0.475 e. The largest absolute Gasteiger partial charge is 0.490 e. The van der Waals surface area contributed by atoms with Crippen LogP contribution < -0.4 is 5.32 Å². The number of nitrogens with one attached hydrogen (secondary N) is 1. The second-order valence-corrected chi connectivity index (χ2v) is 6.61. The highest BCUT2D eigenvalue weighted by Gasteiger charge is 2.38. The highest BCUT2D eigenvalue weighted by atomic mass is 32.2. The van der Waals surface area contributed by atoms with E-state index in [0.29, 0.717) is 5.75 Å². The van der Waals surface area contributed by atoms with Crippen molar-refractivity contribution in [3.8, 4) is 0 Å². The molecule has 0 fully saturated rings. The minimum absolute atomic E-state index is 0.0534. The van der Waals surface area contributed by atoms with E-state index in [4.69, 9.17) is 9.90 Å². The first-order valence-corrected chi connectivity index (χ1v) is 8.72. The predicted molar refractivity (Wildman–Crippen MR) is 89.5 cm³/mol. The van der Waals surface area contributed by atoms with Crippen LogP contribution in [-0.4, -0.2) is 33.9 Å². The summed E-state index contributed by atoms with van der Waals surface area (Å²) >= 11 is 3.18. The van der Waals surface area contributed by atoms with Crippen molar-refractivity contribution in [3.05, 3.63) is 46.9 Å². The molecular formula is C15H15F3N2O3S2. The van der Waals surface area contributed by atoms with Crippen LogP contribution in [0.5, 0.6) is 0 Å². The van der Waals surface area contributed by atoms with E-state index < -0.39 is 12.1 Å². The highest BCUT2D eigenvalue weighted by molar-refractivity contribution is 8.00. The number of carbonyl (C=O) groups is 2. The molecule has 0 spiro atoms. The fourth-order valence-electron chi connectivity index (χ4n) is 1.48. The van der Waals surface area contributed by atoms with Gasteiger partial charge in [0.1, 0.15) is 0 Å². The summed E-state index contributed by atoms with van der Waals surface area (Å²) in [7, 11) is 0. The number of halogens is 3. The van der Waals surface area contributed by atoms with Crippen LogP contribution in [0.3, 0.4) is 0 Å². The van der Waals surface area contributed by atoms with Gasteiger partial charge in [-0.15, -0.1) is 23.1 Å². The molecule has 2 aromatic heterocycles. The molecule has 0 aromatic carbocycles. The number of carboxylic acids is 1. The molecule has 0 saturated carbocycles. The molecule has 0 radical (unpaired) electrons. The molecule has 0 aliphatic heterocycles. The summed E-state index contributed by atoms with van der Waals surface area (Å²) in [6.45, 7) is 2.00. The summed E-state index contributed by atoms with van der Waals surface area (Å²) < 4.78 is 31.7. The lowest BCUT2D eigenvalue weighted by atomic mass is 10.3. The minimum atomic E-state index is -5.08. The van der Waals surface area contributed by atoms with E-state index in [9.17, 15) is 18.0 Å². The molecule has 1 atom stereocenters. The number of rotatable bonds is 5. The topological polar surface area (TPSA) is 79.3 Å². The van der Waals surface area contributed by atoms with Crippen molar-refractivity contribution in [1.82, 2.24) is 10.3 Å². The summed E-state index contributed by atoms with van der Waals surface area (Å²) in [5.74, 6) is -2.27. The molecule has 2 aromatic rings. The summed E-state index contributed by atoms with van der Waals surface area (Å²) in [4.78, 5) is 26.9. The lowest BCUT2D eigenvalue weighted by molar-refractivity contribution is -0.192. The molecule has 0 aliphatic rings. The number of aliphatic carboxylic acids is 1. The number of carboxylic acid groups (broad SMARTS) is 1. The first-order chi connectivity index (χ1) is 11.7. The zero-order chi connectivity index (χ0) is 18.9. The normalized spacial score (nSPS) is 11.8. The van der Waals surface area contributed by atoms with E-state index in [2.05, 4.69) is 10.3 Å². The number of thiophene rings is 1. The second-order valence-electron chi connectivity index (χ2n) is 4.58. The standard InChI is InChI=1S/C13H14N2OS2.C2HF3O2/c1-10(12-3-2-8-17-12)15-13(16)9-18-11-4-6-14-7-5-11;3-2(4,5)1(6)7/h2-8,10H,9H2,1H3,(H,15,16);(H,6,7). The molecule has 2 N–H and O–H groups in total. The van der Waals surface area contributed by atoms with Crippen molar-refractivity contribution in [1.29, 1.82) is 0 Å². The summed E-state index contributed by atoms with van der Waals surface area (Å²) in [6, 6.07) is 7.91. The van der Waals surface area contributed by atoms with Crippen LogP contribution in [0.25, 0.3) is 0 Å². The number of hydrogen-bond donors (Lipinski definition) is 2. The Labute approximate surface area is 150 Å². The van der Waals surface area contributed by atoms with E-state index in [1.54, 1.807) is 23.7 Å². The van der Waals surface area contributed by atoms with Crippen molar-refractivity contribution in [3.63, 3.8) is 0 Å². The molecule has 5 nitrogen and oxygen atoms in total. The van der Waals surface area contributed by atoms with Gasteiger partial charge in [-0.1, -0.05) is 6.07 Å². The zero-order valence-corrected chi connectivity index (χ0v) is 14.6. The van der Waals surface area contributed by atoms with Crippen LogP contribution in [0.1, 0.15) is 17.8 Å². The van der Waals surface area contributed by atoms with Gasteiger partial charge in [-0.05, 0) is 30.5 Å². The Balaban J connectivity index is 0.000000381. The molecule has 10 heteroatoms. The van der Waals surface area contributed by atoms with E-state index in [1.165, 1.54) is 16.6 Å². The lowest BCUT2D eigenvalue weighted by Gasteiger charge is -2.11. The average molecular weight is 392 g/mol. The third-order valence-electron chi connectivity index (χ3n) is 2.61. The SMILES string of the molecule is CC(NC(=O)CSc1ccncc1)c1cccs1.O=C(O)C(F)(F)F. The smallest absolute Gasteiger partial charge is 0.475 e. The van der Waals surface area contributed by atoms with Crippen LogP contribution in [0.2, 0.25) is 0 Å². The number of aromatic nitrogens is 1. The second kappa shape index (κ2) is 10.0. The molecule has 1 amide bonds. The fourth-order valence-corrected chi connectivity index (χ4v) is 2.90. The summed E-state index contributed by atoms with van der Waals surface area (Å²) in [5.41, 5.74) is 0. The number of hydrogen-bond acceptors (Lipinski definition) is 5.